The number of aryl methyl sites for hydroxylation is 3. The smallest absolute Gasteiger partial charge is 0.323 e. The number of carboxylic acids is 1. The predicted octanol–water partition coefficient (Wildman–Crippen LogP) is 2.73. The Morgan fingerprint density at radius 2 is 1.75 bits per heavy atom. The molecular formula is C18H23N3O3. The number of hydrogen-bond acceptors (Lipinski definition) is 3. The Bertz CT molecular complexity index is 745. The highest BCUT2D eigenvalue weighted by molar-refractivity contribution is 5.94. The average molecular weight is 329 g/mol. The minimum Gasteiger partial charge on any atom is -0.480 e. The van der Waals surface area contributed by atoms with E-state index >= 15 is 0 Å². The predicted molar refractivity (Wildman–Crippen MR) is 91.6 cm³/mol. The van der Waals surface area contributed by atoms with Crippen molar-refractivity contribution in [2.45, 2.75) is 34.1 Å². The molecule has 0 saturated carbocycles. The van der Waals surface area contributed by atoms with Crippen molar-refractivity contribution in [1.29, 1.82) is 0 Å². The molecule has 0 unspecified atom stereocenters. The van der Waals surface area contributed by atoms with Gasteiger partial charge in [-0.25, -0.2) is 4.68 Å². The molecule has 1 heterocycles. The molecule has 128 valence electrons. The SMILES string of the molecule is CCCN(CC(=O)O)C(=O)c1cc(C)n(-c2cc(C)cc(C)c2)n1. The molecule has 6 heteroatoms. The van der Waals surface area contributed by atoms with Gasteiger partial charge < -0.3 is 10.0 Å². The van der Waals surface area contributed by atoms with Gasteiger partial charge in [-0.3, -0.25) is 9.59 Å². The van der Waals surface area contributed by atoms with Crippen LogP contribution in [0.1, 0.15) is 40.7 Å². The Kier molecular flexibility index (Phi) is 5.39. The summed E-state index contributed by atoms with van der Waals surface area (Å²) in [5.74, 6) is -1.38. The molecule has 2 rings (SSSR count). The van der Waals surface area contributed by atoms with Crippen LogP contribution in [0.3, 0.4) is 0 Å². The molecule has 2 aromatic rings. The van der Waals surface area contributed by atoms with E-state index in [9.17, 15) is 9.59 Å². The van der Waals surface area contributed by atoms with Crippen molar-refractivity contribution in [3.63, 3.8) is 0 Å². The summed E-state index contributed by atoms with van der Waals surface area (Å²) in [6.45, 7) is 7.88. The van der Waals surface area contributed by atoms with Crippen LogP contribution in [-0.4, -0.2) is 44.8 Å². The van der Waals surface area contributed by atoms with Crippen molar-refractivity contribution >= 4 is 11.9 Å². The maximum Gasteiger partial charge on any atom is 0.323 e. The summed E-state index contributed by atoms with van der Waals surface area (Å²) >= 11 is 0. The lowest BCUT2D eigenvalue weighted by molar-refractivity contribution is -0.137. The molecule has 0 aliphatic rings. The number of carbonyl (C=O) groups is 2. The number of aromatic nitrogens is 2. The van der Waals surface area contributed by atoms with Gasteiger partial charge in [0.2, 0.25) is 0 Å². The van der Waals surface area contributed by atoms with E-state index in [0.717, 1.165) is 22.5 Å². The van der Waals surface area contributed by atoms with E-state index in [0.29, 0.717) is 13.0 Å². The lowest BCUT2D eigenvalue weighted by Gasteiger charge is -2.18. The number of aliphatic carboxylic acids is 1. The minimum absolute atomic E-state index is 0.265. The second-order valence-electron chi connectivity index (χ2n) is 6.05. The molecule has 0 aliphatic heterocycles. The monoisotopic (exact) mass is 329 g/mol. The van der Waals surface area contributed by atoms with Gasteiger partial charge in [-0.2, -0.15) is 5.10 Å². The fourth-order valence-corrected chi connectivity index (χ4v) is 2.76. The summed E-state index contributed by atoms with van der Waals surface area (Å²) in [6, 6.07) is 7.78. The maximum absolute atomic E-state index is 12.6. The largest absolute Gasteiger partial charge is 0.480 e. The summed E-state index contributed by atoms with van der Waals surface area (Å²) < 4.78 is 1.72. The molecule has 0 aliphatic carbocycles. The molecule has 24 heavy (non-hydrogen) atoms. The molecule has 0 fully saturated rings. The van der Waals surface area contributed by atoms with Gasteiger partial charge in [0.15, 0.2) is 5.69 Å². The van der Waals surface area contributed by atoms with Crippen LogP contribution in [0.5, 0.6) is 0 Å². The summed E-state index contributed by atoms with van der Waals surface area (Å²) in [4.78, 5) is 24.9. The second-order valence-corrected chi connectivity index (χ2v) is 6.05. The summed E-state index contributed by atoms with van der Waals surface area (Å²) in [5, 5.41) is 13.4. The number of rotatable bonds is 6. The van der Waals surface area contributed by atoms with Crippen molar-refractivity contribution in [3.05, 3.63) is 46.8 Å². The minimum atomic E-state index is -1.03. The summed E-state index contributed by atoms with van der Waals surface area (Å²) in [5.41, 5.74) is 4.22. The maximum atomic E-state index is 12.6. The molecule has 1 aromatic carbocycles. The van der Waals surface area contributed by atoms with E-state index in [1.54, 1.807) is 10.7 Å². The second kappa shape index (κ2) is 7.29. The summed E-state index contributed by atoms with van der Waals surface area (Å²) in [7, 11) is 0. The van der Waals surface area contributed by atoms with Crippen LogP contribution in [-0.2, 0) is 4.79 Å². The average Bonchev–Trinajstić information content (AvgIpc) is 2.86. The Balaban J connectivity index is 2.36. The molecule has 1 N–H and O–H groups in total. The summed E-state index contributed by atoms with van der Waals surface area (Å²) in [6.07, 6.45) is 0.690. The first-order valence-corrected chi connectivity index (χ1v) is 7.98. The van der Waals surface area contributed by atoms with Crippen LogP contribution in [0.2, 0.25) is 0 Å². The Morgan fingerprint density at radius 3 is 2.29 bits per heavy atom. The zero-order valence-electron chi connectivity index (χ0n) is 14.5. The third kappa shape index (κ3) is 4.01. The molecule has 0 bridgehead atoms. The molecule has 0 saturated heterocycles. The highest BCUT2D eigenvalue weighted by atomic mass is 16.4. The van der Waals surface area contributed by atoms with Crippen LogP contribution in [0.4, 0.5) is 0 Å². The molecule has 6 nitrogen and oxygen atoms in total. The van der Waals surface area contributed by atoms with Crippen molar-refractivity contribution in [2.75, 3.05) is 13.1 Å². The van der Waals surface area contributed by atoms with Gasteiger partial charge in [0, 0.05) is 12.2 Å². The number of nitrogens with zero attached hydrogens (tertiary/aromatic N) is 3. The van der Waals surface area contributed by atoms with E-state index in [1.807, 2.05) is 39.8 Å². The fourth-order valence-electron chi connectivity index (χ4n) is 2.76. The number of carbonyl (C=O) groups excluding carboxylic acids is 1. The Hall–Kier alpha value is -2.63. The van der Waals surface area contributed by atoms with E-state index in [4.69, 9.17) is 5.11 Å². The van der Waals surface area contributed by atoms with Gasteiger partial charge in [-0.1, -0.05) is 13.0 Å². The van der Waals surface area contributed by atoms with Crippen LogP contribution >= 0.6 is 0 Å². The highest BCUT2D eigenvalue weighted by Crippen LogP contribution is 2.17. The fraction of sp³-hybridized carbons (Fsp3) is 0.389. The molecule has 1 aromatic heterocycles. The van der Waals surface area contributed by atoms with E-state index in [1.165, 1.54) is 4.90 Å². The van der Waals surface area contributed by atoms with Gasteiger partial charge in [0.25, 0.3) is 5.91 Å². The number of benzene rings is 1. The molecule has 0 atom stereocenters. The van der Waals surface area contributed by atoms with Gasteiger partial charge in [-0.05, 0) is 56.5 Å². The van der Waals surface area contributed by atoms with E-state index in [-0.39, 0.29) is 18.1 Å². The van der Waals surface area contributed by atoms with Gasteiger partial charge >= 0.3 is 5.97 Å². The molecule has 1 amide bonds. The van der Waals surface area contributed by atoms with Crippen LogP contribution in [0.25, 0.3) is 5.69 Å². The standard InChI is InChI=1S/C18H23N3O3/c1-5-6-20(11-17(22)23)18(24)16-10-14(4)21(19-16)15-8-12(2)7-13(3)9-15/h7-10H,5-6,11H2,1-4H3,(H,22,23). The zero-order chi connectivity index (χ0) is 17.9. The number of carboxylic acid groups (broad SMARTS) is 1. The van der Waals surface area contributed by atoms with Crippen molar-refractivity contribution in [1.82, 2.24) is 14.7 Å². The van der Waals surface area contributed by atoms with Crippen LogP contribution < -0.4 is 0 Å². The highest BCUT2D eigenvalue weighted by Gasteiger charge is 2.21. The molecule has 0 radical (unpaired) electrons. The van der Waals surface area contributed by atoms with E-state index in [2.05, 4.69) is 11.2 Å². The lowest BCUT2D eigenvalue weighted by Crippen LogP contribution is -2.36. The topological polar surface area (TPSA) is 75.4 Å². The van der Waals surface area contributed by atoms with Crippen molar-refractivity contribution in [2.24, 2.45) is 0 Å². The van der Waals surface area contributed by atoms with Gasteiger partial charge in [0.05, 0.1) is 5.69 Å². The van der Waals surface area contributed by atoms with Crippen LogP contribution in [0, 0.1) is 20.8 Å². The van der Waals surface area contributed by atoms with Gasteiger partial charge in [0.1, 0.15) is 6.54 Å². The third-order valence-corrected chi connectivity index (χ3v) is 3.66. The normalized spacial score (nSPS) is 10.7. The zero-order valence-corrected chi connectivity index (χ0v) is 14.5. The first-order valence-electron chi connectivity index (χ1n) is 7.98. The van der Waals surface area contributed by atoms with Gasteiger partial charge in [-0.15, -0.1) is 0 Å². The lowest BCUT2D eigenvalue weighted by atomic mass is 10.1. The Labute approximate surface area is 141 Å². The quantitative estimate of drug-likeness (QED) is 0.884. The van der Waals surface area contributed by atoms with Crippen LogP contribution in [0.15, 0.2) is 24.3 Å². The van der Waals surface area contributed by atoms with E-state index < -0.39 is 5.97 Å². The van der Waals surface area contributed by atoms with Crippen molar-refractivity contribution < 1.29 is 14.7 Å². The third-order valence-electron chi connectivity index (χ3n) is 3.66. The first-order chi connectivity index (χ1) is 11.3. The number of hydrogen-bond donors (Lipinski definition) is 1. The van der Waals surface area contributed by atoms with Crippen molar-refractivity contribution in [3.8, 4) is 5.69 Å². The molecular weight excluding hydrogens is 306 g/mol. The molecule has 0 spiro atoms. The first kappa shape index (κ1) is 17.7. The number of amides is 1. The Morgan fingerprint density at radius 1 is 1.12 bits per heavy atom.